The highest BCUT2D eigenvalue weighted by Gasteiger charge is 2.38. The highest BCUT2D eigenvalue weighted by atomic mass is 19.4. The lowest BCUT2D eigenvalue weighted by Crippen LogP contribution is -2.46. The van der Waals surface area contributed by atoms with Crippen molar-refractivity contribution in [2.45, 2.75) is 31.6 Å². The first-order chi connectivity index (χ1) is 20.6. The van der Waals surface area contributed by atoms with Crippen molar-refractivity contribution in [2.24, 2.45) is 0 Å². The molecule has 1 saturated carbocycles. The Balaban J connectivity index is 0.000000472. The number of methoxy groups -OCH3 is 1. The average Bonchev–Trinajstić information content (AvgIpc) is 3.82. The number of alkyl halides is 3. The van der Waals surface area contributed by atoms with Crippen LogP contribution in [0.3, 0.4) is 0 Å². The van der Waals surface area contributed by atoms with Crippen molar-refractivity contribution in [3.05, 3.63) is 41.8 Å². The number of nitrogens with zero attached hydrogens (tertiary/aromatic N) is 6. The lowest BCUT2D eigenvalue weighted by molar-refractivity contribution is -0.192. The van der Waals surface area contributed by atoms with Crippen LogP contribution in [0.25, 0.3) is 11.0 Å². The molecule has 4 heterocycles. The number of benzene rings is 1. The molecule has 1 aliphatic carbocycles. The first-order valence-corrected chi connectivity index (χ1v) is 14.0. The van der Waals surface area contributed by atoms with Gasteiger partial charge in [0.2, 0.25) is 0 Å². The van der Waals surface area contributed by atoms with Crippen LogP contribution in [0, 0.1) is 5.82 Å². The molecule has 11 nitrogen and oxygen atoms in total. The summed E-state index contributed by atoms with van der Waals surface area (Å²) in [5.74, 6) is 0.205. The van der Waals surface area contributed by atoms with Gasteiger partial charge in [-0.05, 0) is 18.9 Å². The number of anilines is 3. The van der Waals surface area contributed by atoms with E-state index in [4.69, 9.17) is 29.3 Å². The summed E-state index contributed by atoms with van der Waals surface area (Å²) < 4.78 is 56.8. The Labute approximate surface area is 245 Å². The second-order valence-electron chi connectivity index (χ2n) is 10.5. The maximum Gasteiger partial charge on any atom is 0.490 e. The van der Waals surface area contributed by atoms with Crippen molar-refractivity contribution in [1.82, 2.24) is 19.9 Å². The van der Waals surface area contributed by atoms with Gasteiger partial charge in [-0.25, -0.2) is 24.1 Å². The van der Waals surface area contributed by atoms with Crippen LogP contribution in [0.5, 0.6) is 5.75 Å². The summed E-state index contributed by atoms with van der Waals surface area (Å²) in [7, 11) is 1.55. The molecule has 6 rings (SSSR count). The van der Waals surface area contributed by atoms with Crippen LogP contribution in [0.1, 0.15) is 18.4 Å². The molecule has 232 valence electrons. The van der Waals surface area contributed by atoms with Crippen LogP contribution in [-0.4, -0.2) is 103 Å². The number of hydrogen-bond donors (Lipinski definition) is 2. The quantitative estimate of drug-likeness (QED) is 0.385. The summed E-state index contributed by atoms with van der Waals surface area (Å²) in [5, 5.41) is 10.7. The number of halogens is 4. The number of aliphatic carboxylic acids is 1. The van der Waals surface area contributed by atoms with Gasteiger partial charge < -0.3 is 29.7 Å². The van der Waals surface area contributed by atoms with Crippen LogP contribution >= 0.6 is 0 Å². The predicted molar refractivity (Wildman–Crippen MR) is 151 cm³/mol. The number of piperazine rings is 1. The molecule has 2 aromatic heterocycles. The smallest absolute Gasteiger partial charge is 0.490 e. The Bertz CT molecular complexity index is 1430. The van der Waals surface area contributed by atoms with Crippen molar-refractivity contribution in [2.75, 3.05) is 74.7 Å². The summed E-state index contributed by atoms with van der Waals surface area (Å²) in [6, 6.07) is 7.58. The summed E-state index contributed by atoms with van der Waals surface area (Å²) in [6.07, 6.45) is -0.925. The number of morpholine rings is 1. The van der Waals surface area contributed by atoms with Gasteiger partial charge in [0.25, 0.3) is 0 Å². The first kappa shape index (κ1) is 30.5. The molecule has 3 aliphatic rings. The third-order valence-electron chi connectivity index (χ3n) is 7.34. The molecule has 2 saturated heterocycles. The predicted octanol–water partition coefficient (Wildman–Crippen LogP) is 3.54. The Morgan fingerprint density at radius 1 is 1.05 bits per heavy atom. The molecule has 0 spiro atoms. The molecule has 0 atom stereocenters. The number of pyridine rings is 1. The van der Waals surface area contributed by atoms with E-state index in [9.17, 15) is 17.6 Å². The fourth-order valence-corrected chi connectivity index (χ4v) is 4.79. The summed E-state index contributed by atoms with van der Waals surface area (Å²) in [5.41, 5.74) is 2.34. The summed E-state index contributed by atoms with van der Waals surface area (Å²) in [6.45, 7) is 6.93. The Hall–Kier alpha value is -3.98. The number of carbonyl (C=O) groups is 1. The van der Waals surface area contributed by atoms with Gasteiger partial charge in [-0.3, -0.25) is 4.90 Å². The lowest BCUT2D eigenvalue weighted by Gasteiger charge is -2.36. The third-order valence-corrected chi connectivity index (χ3v) is 7.34. The SMILES string of the molecule is COc1ccc(CN2CCN(c3nc4cnc(N5CCOCC5)cc4nc3NC3CC3)CC2)c(F)c1.O=C(O)C(F)(F)F. The lowest BCUT2D eigenvalue weighted by atomic mass is 10.1. The number of rotatable bonds is 7. The molecule has 0 bridgehead atoms. The number of aromatic nitrogens is 3. The van der Waals surface area contributed by atoms with Gasteiger partial charge in [0.15, 0.2) is 11.6 Å². The van der Waals surface area contributed by atoms with Gasteiger partial charge in [-0.15, -0.1) is 0 Å². The van der Waals surface area contributed by atoms with E-state index in [1.165, 1.54) is 6.07 Å². The maximum absolute atomic E-state index is 14.5. The summed E-state index contributed by atoms with van der Waals surface area (Å²) in [4.78, 5) is 30.4. The van der Waals surface area contributed by atoms with Gasteiger partial charge in [-0.2, -0.15) is 13.2 Å². The van der Waals surface area contributed by atoms with Crippen molar-refractivity contribution in [3.8, 4) is 5.75 Å². The van der Waals surface area contributed by atoms with E-state index in [0.717, 1.165) is 93.8 Å². The minimum Gasteiger partial charge on any atom is -0.497 e. The van der Waals surface area contributed by atoms with E-state index in [-0.39, 0.29) is 5.82 Å². The monoisotopic (exact) mass is 607 g/mol. The number of nitrogens with one attached hydrogen (secondary N) is 1. The van der Waals surface area contributed by atoms with E-state index >= 15 is 0 Å². The van der Waals surface area contributed by atoms with Crippen LogP contribution in [0.15, 0.2) is 30.5 Å². The highest BCUT2D eigenvalue weighted by Crippen LogP contribution is 2.32. The zero-order valence-electron chi connectivity index (χ0n) is 23.6. The fraction of sp³-hybridized carbons (Fsp3) is 0.500. The van der Waals surface area contributed by atoms with Crippen LogP contribution in [0.2, 0.25) is 0 Å². The molecule has 0 radical (unpaired) electrons. The maximum atomic E-state index is 14.5. The van der Waals surface area contributed by atoms with Crippen molar-refractivity contribution in [1.29, 1.82) is 0 Å². The van der Waals surface area contributed by atoms with Crippen LogP contribution in [-0.2, 0) is 16.1 Å². The van der Waals surface area contributed by atoms with E-state index < -0.39 is 12.1 Å². The van der Waals surface area contributed by atoms with Gasteiger partial charge >= 0.3 is 12.1 Å². The Morgan fingerprint density at radius 2 is 1.74 bits per heavy atom. The van der Waals surface area contributed by atoms with E-state index in [0.29, 0.717) is 23.9 Å². The Morgan fingerprint density at radius 3 is 2.35 bits per heavy atom. The minimum atomic E-state index is -5.08. The average molecular weight is 608 g/mol. The normalized spacial score (nSPS) is 17.8. The van der Waals surface area contributed by atoms with Crippen LogP contribution < -0.4 is 19.9 Å². The van der Waals surface area contributed by atoms with Gasteiger partial charge in [0.1, 0.15) is 22.9 Å². The molecule has 0 amide bonds. The minimum absolute atomic E-state index is 0.225. The van der Waals surface area contributed by atoms with Gasteiger partial charge in [0.05, 0.1) is 32.0 Å². The fourth-order valence-electron chi connectivity index (χ4n) is 4.79. The van der Waals surface area contributed by atoms with Gasteiger partial charge in [-0.1, -0.05) is 6.07 Å². The van der Waals surface area contributed by atoms with Crippen molar-refractivity contribution >= 4 is 34.5 Å². The molecule has 3 aromatic rings. The van der Waals surface area contributed by atoms with Crippen molar-refractivity contribution in [3.63, 3.8) is 0 Å². The third kappa shape index (κ3) is 7.90. The molecule has 3 fully saturated rings. The molecule has 1 aromatic carbocycles. The van der Waals surface area contributed by atoms with Crippen LogP contribution in [0.4, 0.5) is 35.0 Å². The number of hydrogen-bond acceptors (Lipinski definition) is 10. The first-order valence-electron chi connectivity index (χ1n) is 14.0. The number of carboxylic acid groups (broad SMARTS) is 1. The van der Waals surface area contributed by atoms with Crippen molar-refractivity contribution < 1.29 is 36.9 Å². The highest BCUT2D eigenvalue weighted by molar-refractivity contribution is 5.82. The molecule has 2 aliphatic heterocycles. The molecule has 15 heteroatoms. The second-order valence-corrected chi connectivity index (χ2v) is 10.5. The number of fused-ring (bicyclic) bond motifs is 1. The molecular formula is C28H33F4N7O4. The number of carboxylic acids is 1. The Kier molecular flexibility index (Phi) is 9.30. The zero-order chi connectivity index (χ0) is 30.6. The number of ether oxygens (including phenoxy) is 2. The molecular weight excluding hydrogens is 574 g/mol. The second kappa shape index (κ2) is 13.1. The van der Waals surface area contributed by atoms with Gasteiger partial charge in [0, 0.05) is 69.6 Å². The topological polar surface area (TPSA) is 116 Å². The zero-order valence-corrected chi connectivity index (χ0v) is 23.6. The molecule has 0 unspecified atom stereocenters. The summed E-state index contributed by atoms with van der Waals surface area (Å²) >= 11 is 0. The van der Waals surface area contributed by atoms with E-state index in [2.05, 4.69) is 25.0 Å². The molecule has 2 N–H and O–H groups in total. The molecule has 43 heavy (non-hydrogen) atoms. The van der Waals surface area contributed by atoms with E-state index in [1.54, 1.807) is 7.11 Å². The standard InChI is InChI=1S/C26H32FN7O2.C2HF3O2/c1-35-20-5-2-18(21(27)14-20)17-32-6-8-34(9-7-32)26-25(29-19-3-4-19)30-22-15-24(28-16-23(22)31-26)33-10-12-36-13-11-33;3-2(4,5)1(6)7/h2,5,14-16,19H,3-4,6-13,17H2,1H3,(H,29,30);(H,6,7). The van der Waals surface area contributed by atoms with E-state index in [1.807, 2.05) is 24.4 Å². The largest absolute Gasteiger partial charge is 0.497 e.